The Morgan fingerprint density at radius 2 is 1.79 bits per heavy atom. The number of rotatable bonds is 5. The minimum Gasteiger partial charge on any atom is -0.491 e. The highest BCUT2D eigenvalue weighted by Crippen LogP contribution is 2.19. The molecule has 0 aliphatic carbocycles. The molecule has 0 aliphatic heterocycles. The number of halogens is 1. The third-order valence-corrected chi connectivity index (χ3v) is 3.13. The highest BCUT2D eigenvalue weighted by Gasteiger charge is 1.99. The Morgan fingerprint density at radius 1 is 1.05 bits per heavy atom. The van der Waals surface area contributed by atoms with Crippen LogP contribution in [0.1, 0.15) is 11.1 Å². The van der Waals surface area contributed by atoms with E-state index in [1.165, 1.54) is 5.56 Å². The second-order valence-electron chi connectivity index (χ2n) is 4.55. The Hall–Kier alpha value is -1.67. The van der Waals surface area contributed by atoms with Crippen LogP contribution in [0, 0.1) is 13.8 Å². The quantitative estimate of drug-likeness (QED) is 0.814. The second-order valence-corrected chi connectivity index (χ2v) is 4.99. The van der Waals surface area contributed by atoms with Crippen molar-refractivity contribution in [3.63, 3.8) is 0 Å². The van der Waals surface area contributed by atoms with Crippen molar-refractivity contribution in [2.75, 3.05) is 18.5 Å². The van der Waals surface area contributed by atoms with E-state index in [0.717, 1.165) is 28.6 Å². The summed E-state index contributed by atoms with van der Waals surface area (Å²) in [6, 6.07) is 13.9. The standard InChI is InChI=1S/C16H18ClNO/c1-12-3-4-13(2)16(11-12)19-10-9-18-15-7-5-14(17)6-8-15/h3-8,11,18H,9-10H2,1-2H3. The van der Waals surface area contributed by atoms with Crippen molar-refractivity contribution >= 4 is 17.3 Å². The second kappa shape index (κ2) is 6.48. The number of hydrogen-bond acceptors (Lipinski definition) is 2. The monoisotopic (exact) mass is 275 g/mol. The van der Waals surface area contributed by atoms with Gasteiger partial charge in [0, 0.05) is 17.3 Å². The molecule has 0 fully saturated rings. The molecule has 0 aromatic heterocycles. The number of benzene rings is 2. The molecule has 0 aliphatic rings. The third-order valence-electron chi connectivity index (χ3n) is 2.88. The number of ether oxygens (including phenoxy) is 1. The number of nitrogens with one attached hydrogen (secondary N) is 1. The molecule has 1 N–H and O–H groups in total. The minimum absolute atomic E-state index is 0.632. The van der Waals surface area contributed by atoms with Gasteiger partial charge in [0.25, 0.3) is 0 Å². The van der Waals surface area contributed by atoms with Crippen LogP contribution in [0.25, 0.3) is 0 Å². The lowest BCUT2D eigenvalue weighted by Crippen LogP contribution is -2.11. The molecule has 0 radical (unpaired) electrons. The Bertz CT molecular complexity index is 537. The van der Waals surface area contributed by atoms with Gasteiger partial charge in [-0.25, -0.2) is 0 Å². The summed E-state index contributed by atoms with van der Waals surface area (Å²) in [6.07, 6.45) is 0. The van der Waals surface area contributed by atoms with Crippen LogP contribution in [-0.2, 0) is 0 Å². The van der Waals surface area contributed by atoms with Gasteiger partial charge in [-0.2, -0.15) is 0 Å². The zero-order chi connectivity index (χ0) is 13.7. The zero-order valence-electron chi connectivity index (χ0n) is 11.2. The first-order valence-electron chi connectivity index (χ1n) is 6.34. The van der Waals surface area contributed by atoms with Crippen LogP contribution >= 0.6 is 11.6 Å². The van der Waals surface area contributed by atoms with Gasteiger partial charge in [-0.3, -0.25) is 0 Å². The maximum atomic E-state index is 5.83. The lowest BCUT2D eigenvalue weighted by Gasteiger charge is -2.11. The van der Waals surface area contributed by atoms with Gasteiger partial charge >= 0.3 is 0 Å². The molecule has 3 heteroatoms. The molecular formula is C16H18ClNO. The summed E-state index contributed by atoms with van der Waals surface area (Å²) in [5.41, 5.74) is 3.43. The van der Waals surface area contributed by atoms with Crippen molar-refractivity contribution < 1.29 is 4.74 Å². The molecule has 0 heterocycles. The molecule has 2 nitrogen and oxygen atoms in total. The summed E-state index contributed by atoms with van der Waals surface area (Å²) in [5.74, 6) is 0.956. The van der Waals surface area contributed by atoms with Gasteiger partial charge in [0.1, 0.15) is 12.4 Å². The smallest absolute Gasteiger partial charge is 0.122 e. The first-order valence-corrected chi connectivity index (χ1v) is 6.72. The van der Waals surface area contributed by atoms with E-state index in [-0.39, 0.29) is 0 Å². The third kappa shape index (κ3) is 4.18. The van der Waals surface area contributed by atoms with Crippen molar-refractivity contribution in [1.29, 1.82) is 0 Å². The Labute approximate surface area is 119 Å². The van der Waals surface area contributed by atoms with E-state index in [2.05, 4.69) is 37.4 Å². The van der Waals surface area contributed by atoms with Crippen molar-refractivity contribution in [2.24, 2.45) is 0 Å². The fourth-order valence-corrected chi connectivity index (χ4v) is 1.91. The van der Waals surface area contributed by atoms with Crippen molar-refractivity contribution in [1.82, 2.24) is 0 Å². The average Bonchev–Trinajstić information content (AvgIpc) is 2.40. The van der Waals surface area contributed by atoms with E-state index in [1.807, 2.05) is 24.3 Å². The van der Waals surface area contributed by atoms with Crippen molar-refractivity contribution in [3.8, 4) is 5.75 Å². The Morgan fingerprint density at radius 3 is 2.53 bits per heavy atom. The van der Waals surface area contributed by atoms with Crippen LogP contribution in [0.3, 0.4) is 0 Å². The molecule has 19 heavy (non-hydrogen) atoms. The summed E-state index contributed by atoms with van der Waals surface area (Å²) in [7, 11) is 0. The van der Waals surface area contributed by atoms with Crippen LogP contribution in [-0.4, -0.2) is 13.2 Å². The van der Waals surface area contributed by atoms with Gasteiger partial charge < -0.3 is 10.1 Å². The molecule has 0 atom stereocenters. The molecule has 0 bridgehead atoms. The number of aryl methyl sites for hydroxylation is 2. The summed E-state index contributed by atoms with van der Waals surface area (Å²) in [4.78, 5) is 0. The number of hydrogen-bond donors (Lipinski definition) is 1. The van der Waals surface area contributed by atoms with Gasteiger partial charge in [0.05, 0.1) is 0 Å². The highest BCUT2D eigenvalue weighted by atomic mass is 35.5. The molecule has 0 saturated carbocycles. The summed E-state index contributed by atoms with van der Waals surface area (Å²) in [5, 5.41) is 4.04. The maximum absolute atomic E-state index is 5.83. The van der Waals surface area contributed by atoms with E-state index < -0.39 is 0 Å². The summed E-state index contributed by atoms with van der Waals surface area (Å²) < 4.78 is 5.77. The van der Waals surface area contributed by atoms with Crippen LogP contribution in [0.4, 0.5) is 5.69 Å². The molecule has 0 amide bonds. The zero-order valence-corrected chi connectivity index (χ0v) is 12.0. The van der Waals surface area contributed by atoms with E-state index in [4.69, 9.17) is 16.3 Å². The highest BCUT2D eigenvalue weighted by molar-refractivity contribution is 6.30. The SMILES string of the molecule is Cc1ccc(C)c(OCCNc2ccc(Cl)cc2)c1. The largest absolute Gasteiger partial charge is 0.491 e. The molecule has 0 unspecified atom stereocenters. The van der Waals surface area contributed by atoms with E-state index in [1.54, 1.807) is 0 Å². The summed E-state index contributed by atoms with van der Waals surface area (Å²) >= 11 is 5.83. The van der Waals surface area contributed by atoms with E-state index in [9.17, 15) is 0 Å². The van der Waals surface area contributed by atoms with Gasteiger partial charge in [0.15, 0.2) is 0 Å². The molecule has 100 valence electrons. The average molecular weight is 276 g/mol. The van der Waals surface area contributed by atoms with Gasteiger partial charge in [0.2, 0.25) is 0 Å². The van der Waals surface area contributed by atoms with Gasteiger partial charge in [-0.15, -0.1) is 0 Å². The van der Waals surface area contributed by atoms with Crippen LogP contribution < -0.4 is 10.1 Å². The lowest BCUT2D eigenvalue weighted by molar-refractivity contribution is 0.330. The molecule has 2 aromatic carbocycles. The lowest BCUT2D eigenvalue weighted by atomic mass is 10.1. The van der Waals surface area contributed by atoms with Crippen LogP contribution in [0.2, 0.25) is 5.02 Å². The Kier molecular flexibility index (Phi) is 4.69. The molecule has 2 rings (SSSR count). The normalized spacial score (nSPS) is 10.3. The van der Waals surface area contributed by atoms with Crippen molar-refractivity contribution in [2.45, 2.75) is 13.8 Å². The van der Waals surface area contributed by atoms with Crippen molar-refractivity contribution in [3.05, 3.63) is 58.6 Å². The number of anilines is 1. The minimum atomic E-state index is 0.632. The van der Waals surface area contributed by atoms with E-state index in [0.29, 0.717) is 6.61 Å². The van der Waals surface area contributed by atoms with Gasteiger partial charge in [-0.1, -0.05) is 23.7 Å². The van der Waals surface area contributed by atoms with Crippen LogP contribution in [0.15, 0.2) is 42.5 Å². The van der Waals surface area contributed by atoms with Crippen LogP contribution in [0.5, 0.6) is 5.75 Å². The van der Waals surface area contributed by atoms with E-state index >= 15 is 0 Å². The maximum Gasteiger partial charge on any atom is 0.122 e. The first-order chi connectivity index (χ1) is 9.15. The molecule has 0 spiro atoms. The first kappa shape index (κ1) is 13.8. The van der Waals surface area contributed by atoms with Gasteiger partial charge in [-0.05, 0) is 55.3 Å². The molecule has 0 saturated heterocycles. The predicted octanol–water partition coefficient (Wildman–Crippen LogP) is 4.45. The molecular weight excluding hydrogens is 258 g/mol. The Balaban J connectivity index is 1.80. The molecule has 2 aromatic rings. The predicted molar refractivity (Wildman–Crippen MR) is 81.4 cm³/mol. The topological polar surface area (TPSA) is 21.3 Å². The fourth-order valence-electron chi connectivity index (χ4n) is 1.79. The fraction of sp³-hybridized carbons (Fsp3) is 0.250. The summed E-state index contributed by atoms with van der Waals surface area (Å²) in [6.45, 7) is 5.52.